The average Bonchev–Trinajstić information content (AvgIpc) is 3.55. The van der Waals surface area contributed by atoms with Gasteiger partial charge in [0, 0.05) is 42.9 Å². The topological polar surface area (TPSA) is 69.9 Å². The molecule has 3 aliphatic heterocycles. The van der Waals surface area contributed by atoms with Crippen molar-refractivity contribution in [3.05, 3.63) is 83.2 Å². The number of aryl methyl sites for hydroxylation is 1. The summed E-state index contributed by atoms with van der Waals surface area (Å²) in [5, 5.41) is 4.02. The maximum Gasteiger partial charge on any atom is 0.223 e. The van der Waals surface area contributed by atoms with Gasteiger partial charge in [0.1, 0.15) is 25.6 Å². The Morgan fingerprint density at radius 3 is 2.47 bits per heavy atom. The minimum atomic E-state index is -0.232. The molecule has 170 valence electrons. The first-order valence-electron chi connectivity index (χ1n) is 11.5. The number of fused-ring (bicyclic) bond motifs is 5. The van der Waals surface area contributed by atoms with Crippen LogP contribution < -0.4 is 19.1 Å². The van der Waals surface area contributed by atoms with Crippen molar-refractivity contribution in [3.8, 4) is 28.6 Å². The molecule has 4 heterocycles. The van der Waals surface area contributed by atoms with Gasteiger partial charge in [0.2, 0.25) is 11.7 Å². The number of hydrogen-bond donors (Lipinski definition) is 0. The van der Waals surface area contributed by atoms with Gasteiger partial charge in [0.15, 0.2) is 11.5 Å². The number of aromatic nitrogens is 2. The maximum atomic E-state index is 6.24. The zero-order valence-electron chi connectivity index (χ0n) is 18.8. The third-order valence-corrected chi connectivity index (χ3v) is 6.97. The van der Waals surface area contributed by atoms with Gasteiger partial charge in [-0.05, 0) is 23.3 Å². The molecule has 3 aliphatic rings. The van der Waals surface area contributed by atoms with Gasteiger partial charge in [0.25, 0.3) is 0 Å². The smallest absolute Gasteiger partial charge is 0.223 e. The van der Waals surface area contributed by atoms with Crippen LogP contribution in [0, 0.1) is 6.92 Å². The first-order valence-corrected chi connectivity index (χ1v) is 11.5. The summed E-state index contributed by atoms with van der Waals surface area (Å²) in [5.41, 5.74) is 5.65. The number of ether oxygens (including phenoxy) is 3. The van der Waals surface area contributed by atoms with E-state index in [9.17, 15) is 0 Å². The van der Waals surface area contributed by atoms with E-state index in [0.717, 1.165) is 35.9 Å². The molecule has 7 heteroatoms. The van der Waals surface area contributed by atoms with Crippen molar-refractivity contribution in [3.63, 3.8) is 0 Å². The summed E-state index contributed by atoms with van der Waals surface area (Å²) in [7, 11) is 0. The first kappa shape index (κ1) is 19.5. The first-order chi connectivity index (χ1) is 16.7. The fourth-order valence-electron chi connectivity index (χ4n) is 5.38. The summed E-state index contributed by atoms with van der Waals surface area (Å²) in [6.45, 7) is 5.18. The zero-order chi connectivity index (χ0) is 22.7. The second-order valence-electron chi connectivity index (χ2n) is 9.07. The Kier molecular flexibility index (Phi) is 4.15. The lowest BCUT2D eigenvalue weighted by Gasteiger charge is -2.26. The Labute approximate surface area is 196 Å². The molecule has 4 aromatic rings. The molecule has 0 amide bonds. The van der Waals surface area contributed by atoms with E-state index in [4.69, 9.17) is 18.7 Å². The van der Waals surface area contributed by atoms with Gasteiger partial charge in [-0.2, -0.15) is 4.98 Å². The molecule has 1 atom stereocenters. The minimum absolute atomic E-state index is 0.232. The molecule has 7 rings (SSSR count). The Bertz CT molecular complexity index is 1400. The minimum Gasteiger partial charge on any atom is -0.492 e. The summed E-state index contributed by atoms with van der Waals surface area (Å²) >= 11 is 0. The average molecular weight is 453 g/mol. The molecule has 0 aliphatic carbocycles. The zero-order valence-corrected chi connectivity index (χ0v) is 18.8. The third kappa shape index (κ3) is 2.89. The number of anilines is 1. The van der Waals surface area contributed by atoms with Gasteiger partial charge in [-0.15, -0.1) is 0 Å². The molecule has 0 fully saturated rings. The van der Waals surface area contributed by atoms with Crippen molar-refractivity contribution < 1.29 is 18.7 Å². The van der Waals surface area contributed by atoms with Crippen LogP contribution in [0.5, 0.6) is 17.2 Å². The van der Waals surface area contributed by atoms with Crippen LogP contribution in [0.3, 0.4) is 0 Å². The molecule has 1 spiro atoms. The van der Waals surface area contributed by atoms with Gasteiger partial charge in [-0.3, -0.25) is 0 Å². The van der Waals surface area contributed by atoms with Crippen LogP contribution in [0.2, 0.25) is 0 Å². The molecule has 0 bridgehead atoms. The summed E-state index contributed by atoms with van der Waals surface area (Å²) in [5.74, 6) is 3.64. The van der Waals surface area contributed by atoms with E-state index in [-0.39, 0.29) is 5.41 Å². The number of benzene rings is 3. The summed E-state index contributed by atoms with van der Waals surface area (Å²) < 4.78 is 23.0. The second kappa shape index (κ2) is 7.25. The van der Waals surface area contributed by atoms with E-state index >= 15 is 0 Å². The van der Waals surface area contributed by atoms with Gasteiger partial charge >= 0.3 is 0 Å². The van der Waals surface area contributed by atoms with Crippen LogP contribution in [0.4, 0.5) is 5.69 Å². The largest absolute Gasteiger partial charge is 0.492 e. The predicted octanol–water partition coefficient (Wildman–Crippen LogP) is 4.51. The van der Waals surface area contributed by atoms with Crippen LogP contribution in [0.1, 0.15) is 22.6 Å². The van der Waals surface area contributed by atoms with Crippen LogP contribution in [0.15, 0.2) is 65.2 Å². The van der Waals surface area contributed by atoms with Crippen molar-refractivity contribution in [1.29, 1.82) is 0 Å². The van der Waals surface area contributed by atoms with E-state index < -0.39 is 0 Å². The van der Waals surface area contributed by atoms with Gasteiger partial charge in [-0.1, -0.05) is 47.6 Å². The van der Waals surface area contributed by atoms with Crippen LogP contribution >= 0.6 is 0 Å². The number of para-hydroxylation sites is 1. The van der Waals surface area contributed by atoms with Crippen LogP contribution in [-0.4, -0.2) is 36.5 Å². The number of nitrogens with zero attached hydrogens (tertiary/aromatic N) is 3. The summed E-state index contributed by atoms with van der Waals surface area (Å²) in [6.07, 6.45) is 0. The summed E-state index contributed by atoms with van der Waals surface area (Å²) in [6, 6.07) is 21.1. The molecule has 0 saturated carbocycles. The quantitative estimate of drug-likeness (QED) is 0.452. The van der Waals surface area contributed by atoms with Gasteiger partial charge in [-0.25, -0.2) is 0 Å². The number of rotatable bonds is 3. The van der Waals surface area contributed by atoms with Crippen molar-refractivity contribution in [1.82, 2.24) is 10.1 Å². The lowest BCUT2D eigenvalue weighted by Crippen LogP contribution is -2.36. The Morgan fingerprint density at radius 1 is 0.882 bits per heavy atom. The molecule has 7 nitrogen and oxygen atoms in total. The van der Waals surface area contributed by atoms with Crippen molar-refractivity contribution in [2.45, 2.75) is 18.9 Å². The van der Waals surface area contributed by atoms with Crippen LogP contribution in [-0.2, 0) is 12.0 Å². The maximum absolute atomic E-state index is 6.24. The van der Waals surface area contributed by atoms with Crippen molar-refractivity contribution in [2.75, 3.05) is 31.3 Å². The van der Waals surface area contributed by atoms with Crippen molar-refractivity contribution in [2.24, 2.45) is 0 Å². The normalized spacial score (nSPS) is 19.7. The molecule has 3 aromatic carbocycles. The Morgan fingerprint density at radius 2 is 1.68 bits per heavy atom. The molecule has 34 heavy (non-hydrogen) atoms. The second-order valence-corrected chi connectivity index (χ2v) is 9.07. The summed E-state index contributed by atoms with van der Waals surface area (Å²) in [4.78, 5) is 6.77. The molecule has 0 radical (unpaired) electrons. The molecular weight excluding hydrogens is 430 g/mol. The molecule has 0 N–H and O–H groups in total. The third-order valence-electron chi connectivity index (χ3n) is 6.97. The van der Waals surface area contributed by atoms with Crippen LogP contribution in [0.25, 0.3) is 11.4 Å². The Balaban J connectivity index is 1.22. The molecule has 0 saturated heterocycles. The highest BCUT2D eigenvalue weighted by Gasteiger charge is 2.50. The lowest BCUT2D eigenvalue weighted by molar-refractivity contribution is 0.171. The number of hydrogen-bond acceptors (Lipinski definition) is 7. The van der Waals surface area contributed by atoms with E-state index in [0.29, 0.717) is 31.5 Å². The highest BCUT2D eigenvalue weighted by Crippen LogP contribution is 2.54. The highest BCUT2D eigenvalue weighted by atomic mass is 16.6. The lowest BCUT2D eigenvalue weighted by atomic mass is 9.77. The van der Waals surface area contributed by atoms with Gasteiger partial charge in [0.05, 0.1) is 5.41 Å². The Hall–Kier alpha value is -4.00. The monoisotopic (exact) mass is 453 g/mol. The molecule has 1 unspecified atom stereocenters. The van der Waals surface area contributed by atoms with E-state index in [1.165, 1.54) is 22.4 Å². The standard InChI is InChI=1S/C27H23N3O4/c1-17-28-26(29-34-17)19-8-6-18(7-9-19)14-30-15-27(20-4-2-3-5-22(20)30)16-33-23-13-25-24(12-21(23)27)31-10-11-32-25/h2-9,12-13H,10-11,14-16H2,1H3. The fraction of sp³-hybridized carbons (Fsp3) is 0.259. The predicted molar refractivity (Wildman–Crippen MR) is 126 cm³/mol. The van der Waals surface area contributed by atoms with E-state index in [2.05, 4.69) is 69.6 Å². The van der Waals surface area contributed by atoms with E-state index in [1.54, 1.807) is 6.92 Å². The SMILES string of the molecule is Cc1nc(-c2ccc(CN3CC4(COc5cc6c(cc54)OCCO6)c4ccccc43)cc2)no1. The van der Waals surface area contributed by atoms with Gasteiger partial charge < -0.3 is 23.6 Å². The molecular formula is C27H23N3O4. The highest BCUT2D eigenvalue weighted by molar-refractivity contribution is 5.71. The van der Waals surface area contributed by atoms with Crippen molar-refractivity contribution >= 4 is 5.69 Å². The van der Waals surface area contributed by atoms with E-state index in [1.807, 2.05) is 6.07 Å². The fourth-order valence-corrected chi connectivity index (χ4v) is 5.38. The molecule has 1 aromatic heterocycles.